The number of benzene rings is 1. The van der Waals surface area contributed by atoms with Crippen LogP contribution in [0.1, 0.15) is 24.3 Å². The summed E-state index contributed by atoms with van der Waals surface area (Å²) in [6, 6.07) is 8.78. The molecular weight excluding hydrogens is 219 g/mol. The predicted molar refractivity (Wildman–Crippen MR) is 70.5 cm³/mol. The van der Waals surface area contributed by atoms with Crippen molar-refractivity contribution in [1.29, 1.82) is 0 Å². The van der Waals surface area contributed by atoms with Gasteiger partial charge in [0.2, 0.25) is 0 Å². The summed E-state index contributed by atoms with van der Waals surface area (Å²) in [7, 11) is 0. The lowest BCUT2D eigenvalue weighted by molar-refractivity contribution is 0.628. The second-order valence-electron chi connectivity index (χ2n) is 3.36. The molecule has 86 valence electrons. The topological polar surface area (TPSA) is 0 Å². The Bertz CT molecular complexity index is 421. The van der Waals surface area contributed by atoms with E-state index in [0.717, 1.165) is 5.56 Å². The monoisotopic (exact) mass is 236 g/mol. The maximum atomic E-state index is 12.7. The van der Waals surface area contributed by atoms with Gasteiger partial charge < -0.3 is 0 Å². The standard InChI is InChI=1S/C12H11FS.C2H6/c1-8-7-12(14-9(8)2)10-3-5-11(13)6-4-10;1-2/h3-7H,1-2H3;1-2H3. The van der Waals surface area contributed by atoms with Crippen LogP contribution in [0.5, 0.6) is 0 Å². The van der Waals surface area contributed by atoms with Crippen molar-refractivity contribution in [1.82, 2.24) is 0 Å². The van der Waals surface area contributed by atoms with Crippen LogP contribution >= 0.6 is 11.3 Å². The molecule has 0 spiro atoms. The van der Waals surface area contributed by atoms with Crippen LogP contribution in [0.3, 0.4) is 0 Å². The molecule has 0 aliphatic heterocycles. The Hall–Kier alpha value is -1.15. The highest BCUT2D eigenvalue weighted by Crippen LogP contribution is 2.30. The van der Waals surface area contributed by atoms with E-state index in [4.69, 9.17) is 0 Å². The Balaban J connectivity index is 0.000000606. The number of halogens is 1. The quantitative estimate of drug-likeness (QED) is 0.638. The summed E-state index contributed by atoms with van der Waals surface area (Å²) < 4.78 is 12.7. The fourth-order valence-electron chi connectivity index (χ4n) is 1.33. The number of thiophene rings is 1. The zero-order chi connectivity index (χ0) is 12.1. The van der Waals surface area contributed by atoms with Crippen LogP contribution in [0.2, 0.25) is 0 Å². The molecular formula is C14H17FS. The summed E-state index contributed by atoms with van der Waals surface area (Å²) >= 11 is 1.75. The highest BCUT2D eigenvalue weighted by atomic mass is 32.1. The van der Waals surface area contributed by atoms with Crippen molar-refractivity contribution >= 4 is 11.3 Å². The number of aryl methyl sites for hydroxylation is 2. The first-order chi connectivity index (χ1) is 7.66. The van der Waals surface area contributed by atoms with Gasteiger partial charge in [-0.25, -0.2) is 4.39 Å². The minimum Gasteiger partial charge on any atom is -0.207 e. The van der Waals surface area contributed by atoms with Gasteiger partial charge in [0.05, 0.1) is 0 Å². The van der Waals surface area contributed by atoms with E-state index in [1.54, 1.807) is 11.3 Å². The Kier molecular flexibility index (Phi) is 4.69. The highest BCUT2D eigenvalue weighted by Gasteiger charge is 2.03. The normalized spacial score (nSPS) is 9.56. The number of hydrogen-bond donors (Lipinski definition) is 0. The van der Waals surface area contributed by atoms with E-state index in [9.17, 15) is 4.39 Å². The molecule has 0 N–H and O–H groups in total. The van der Waals surface area contributed by atoms with Crippen molar-refractivity contribution in [3.63, 3.8) is 0 Å². The van der Waals surface area contributed by atoms with E-state index in [1.165, 1.54) is 27.5 Å². The largest absolute Gasteiger partial charge is 0.207 e. The van der Waals surface area contributed by atoms with E-state index in [0.29, 0.717) is 0 Å². The van der Waals surface area contributed by atoms with Gasteiger partial charge in [0.15, 0.2) is 0 Å². The number of rotatable bonds is 1. The first-order valence-corrected chi connectivity index (χ1v) is 6.31. The van der Waals surface area contributed by atoms with Gasteiger partial charge in [0.1, 0.15) is 5.82 Å². The van der Waals surface area contributed by atoms with Crippen LogP contribution in [-0.2, 0) is 0 Å². The van der Waals surface area contributed by atoms with Gasteiger partial charge in [-0.1, -0.05) is 26.0 Å². The van der Waals surface area contributed by atoms with Crippen LogP contribution < -0.4 is 0 Å². The van der Waals surface area contributed by atoms with E-state index in [1.807, 2.05) is 26.0 Å². The SMILES string of the molecule is CC.Cc1cc(-c2ccc(F)cc2)sc1C. The maximum absolute atomic E-state index is 12.7. The van der Waals surface area contributed by atoms with Crippen LogP contribution in [0.25, 0.3) is 10.4 Å². The molecule has 0 fully saturated rings. The summed E-state index contributed by atoms with van der Waals surface area (Å²) in [6.07, 6.45) is 0. The van der Waals surface area contributed by atoms with Gasteiger partial charge in [-0.15, -0.1) is 11.3 Å². The van der Waals surface area contributed by atoms with Crippen LogP contribution in [0, 0.1) is 19.7 Å². The molecule has 0 amide bonds. The molecule has 0 radical (unpaired) electrons. The van der Waals surface area contributed by atoms with Gasteiger partial charge in [0.25, 0.3) is 0 Å². The molecule has 0 unspecified atom stereocenters. The summed E-state index contributed by atoms with van der Waals surface area (Å²) in [5.74, 6) is -0.182. The maximum Gasteiger partial charge on any atom is 0.123 e. The van der Waals surface area contributed by atoms with Crippen molar-refractivity contribution in [2.24, 2.45) is 0 Å². The predicted octanol–water partition coefficient (Wildman–Crippen LogP) is 5.20. The lowest BCUT2D eigenvalue weighted by atomic mass is 10.1. The minimum absolute atomic E-state index is 0.182. The Labute approximate surface area is 101 Å². The molecule has 0 bridgehead atoms. The lowest BCUT2D eigenvalue weighted by Gasteiger charge is -1.95. The molecule has 2 aromatic rings. The summed E-state index contributed by atoms with van der Waals surface area (Å²) in [6.45, 7) is 8.20. The summed E-state index contributed by atoms with van der Waals surface area (Å²) in [5, 5.41) is 0. The van der Waals surface area contributed by atoms with Crippen molar-refractivity contribution in [3.05, 3.63) is 46.6 Å². The number of hydrogen-bond acceptors (Lipinski definition) is 1. The zero-order valence-electron chi connectivity index (χ0n) is 10.2. The molecule has 0 aliphatic carbocycles. The smallest absolute Gasteiger partial charge is 0.123 e. The molecule has 0 atom stereocenters. The molecule has 0 saturated carbocycles. The molecule has 1 heterocycles. The zero-order valence-corrected chi connectivity index (χ0v) is 11.0. The second kappa shape index (κ2) is 5.80. The highest BCUT2D eigenvalue weighted by molar-refractivity contribution is 7.15. The van der Waals surface area contributed by atoms with Gasteiger partial charge >= 0.3 is 0 Å². The van der Waals surface area contributed by atoms with E-state index in [2.05, 4.69) is 19.9 Å². The van der Waals surface area contributed by atoms with Crippen LogP contribution in [0.15, 0.2) is 30.3 Å². The first-order valence-electron chi connectivity index (χ1n) is 5.50. The van der Waals surface area contributed by atoms with Crippen LogP contribution in [-0.4, -0.2) is 0 Å². The molecule has 2 heteroatoms. The Morgan fingerprint density at radius 1 is 1.00 bits per heavy atom. The van der Waals surface area contributed by atoms with Gasteiger partial charge in [0, 0.05) is 9.75 Å². The van der Waals surface area contributed by atoms with Gasteiger partial charge in [-0.05, 0) is 43.2 Å². The summed E-state index contributed by atoms with van der Waals surface area (Å²) in [5.41, 5.74) is 2.39. The van der Waals surface area contributed by atoms with E-state index in [-0.39, 0.29) is 5.82 Å². The third kappa shape index (κ3) is 2.92. The molecule has 1 aromatic heterocycles. The van der Waals surface area contributed by atoms with Crippen molar-refractivity contribution < 1.29 is 4.39 Å². The Morgan fingerprint density at radius 3 is 2.00 bits per heavy atom. The Morgan fingerprint density at radius 2 is 1.56 bits per heavy atom. The molecule has 0 saturated heterocycles. The van der Waals surface area contributed by atoms with Crippen molar-refractivity contribution in [2.75, 3.05) is 0 Å². The molecule has 2 rings (SSSR count). The first kappa shape index (κ1) is 12.9. The van der Waals surface area contributed by atoms with Gasteiger partial charge in [-0.2, -0.15) is 0 Å². The van der Waals surface area contributed by atoms with Gasteiger partial charge in [-0.3, -0.25) is 0 Å². The molecule has 1 aromatic carbocycles. The third-order valence-electron chi connectivity index (χ3n) is 2.29. The fourth-order valence-corrected chi connectivity index (χ4v) is 2.37. The van der Waals surface area contributed by atoms with Crippen molar-refractivity contribution in [2.45, 2.75) is 27.7 Å². The minimum atomic E-state index is -0.182. The average molecular weight is 236 g/mol. The van der Waals surface area contributed by atoms with Crippen molar-refractivity contribution in [3.8, 4) is 10.4 Å². The third-order valence-corrected chi connectivity index (χ3v) is 3.50. The van der Waals surface area contributed by atoms with E-state index < -0.39 is 0 Å². The van der Waals surface area contributed by atoms with E-state index >= 15 is 0 Å². The summed E-state index contributed by atoms with van der Waals surface area (Å²) in [4.78, 5) is 2.53. The molecule has 0 aliphatic rings. The second-order valence-corrected chi connectivity index (χ2v) is 4.61. The lowest BCUT2D eigenvalue weighted by Crippen LogP contribution is -1.74. The molecule has 16 heavy (non-hydrogen) atoms. The average Bonchev–Trinajstić information content (AvgIpc) is 2.63. The van der Waals surface area contributed by atoms with Crippen LogP contribution in [0.4, 0.5) is 4.39 Å². The fraction of sp³-hybridized carbons (Fsp3) is 0.286. The molecule has 0 nitrogen and oxygen atoms in total.